The first-order valence-corrected chi connectivity index (χ1v) is 7.84. The standard InChI is InChI=1S/C18H25N3O/c1-12(2)6-13(3)10-22-18-9-19-16(7-14(18)4)17-8-15(5)20-11-21-17/h7-9,11-13H,6,10H2,1-5H3. The van der Waals surface area contributed by atoms with E-state index in [1.807, 2.05) is 26.0 Å². The molecule has 0 amide bonds. The summed E-state index contributed by atoms with van der Waals surface area (Å²) in [5, 5.41) is 0. The van der Waals surface area contributed by atoms with Gasteiger partial charge >= 0.3 is 0 Å². The van der Waals surface area contributed by atoms with Crippen LogP contribution in [0.15, 0.2) is 24.7 Å². The van der Waals surface area contributed by atoms with E-state index in [4.69, 9.17) is 4.74 Å². The van der Waals surface area contributed by atoms with Crippen LogP contribution in [-0.2, 0) is 0 Å². The van der Waals surface area contributed by atoms with Gasteiger partial charge in [0.15, 0.2) is 0 Å². The summed E-state index contributed by atoms with van der Waals surface area (Å²) in [4.78, 5) is 12.9. The summed E-state index contributed by atoms with van der Waals surface area (Å²) < 4.78 is 5.92. The second kappa shape index (κ2) is 7.34. The van der Waals surface area contributed by atoms with Crippen molar-refractivity contribution in [3.63, 3.8) is 0 Å². The zero-order valence-corrected chi connectivity index (χ0v) is 14.1. The molecule has 1 atom stereocenters. The lowest BCUT2D eigenvalue weighted by Gasteiger charge is -2.16. The molecular weight excluding hydrogens is 274 g/mol. The molecule has 2 heterocycles. The van der Waals surface area contributed by atoms with E-state index in [0.29, 0.717) is 11.8 Å². The molecule has 0 aliphatic rings. The van der Waals surface area contributed by atoms with Crippen LogP contribution in [0.5, 0.6) is 5.75 Å². The van der Waals surface area contributed by atoms with Crippen molar-refractivity contribution in [1.82, 2.24) is 15.0 Å². The predicted octanol–water partition coefficient (Wildman–Crippen LogP) is 4.22. The van der Waals surface area contributed by atoms with Crippen molar-refractivity contribution in [1.29, 1.82) is 0 Å². The molecule has 0 aliphatic heterocycles. The van der Waals surface area contributed by atoms with Gasteiger partial charge in [0.2, 0.25) is 0 Å². The van der Waals surface area contributed by atoms with Gasteiger partial charge in [-0.15, -0.1) is 0 Å². The second-order valence-corrected chi connectivity index (χ2v) is 6.43. The molecule has 0 radical (unpaired) electrons. The van der Waals surface area contributed by atoms with Gasteiger partial charge in [-0.05, 0) is 49.8 Å². The highest BCUT2D eigenvalue weighted by Gasteiger charge is 2.09. The fourth-order valence-electron chi connectivity index (χ4n) is 2.53. The Bertz CT molecular complexity index is 625. The molecule has 1 unspecified atom stereocenters. The summed E-state index contributed by atoms with van der Waals surface area (Å²) >= 11 is 0. The number of aryl methyl sites for hydroxylation is 2. The van der Waals surface area contributed by atoms with E-state index in [2.05, 4.69) is 35.7 Å². The van der Waals surface area contributed by atoms with Crippen molar-refractivity contribution in [3.8, 4) is 17.1 Å². The second-order valence-electron chi connectivity index (χ2n) is 6.43. The molecule has 0 N–H and O–H groups in total. The number of nitrogens with zero attached hydrogens (tertiary/aromatic N) is 3. The quantitative estimate of drug-likeness (QED) is 0.801. The Kier molecular flexibility index (Phi) is 5.47. The maximum Gasteiger partial charge on any atom is 0.140 e. The van der Waals surface area contributed by atoms with E-state index >= 15 is 0 Å². The number of ether oxygens (including phenoxy) is 1. The van der Waals surface area contributed by atoms with Crippen LogP contribution in [-0.4, -0.2) is 21.6 Å². The van der Waals surface area contributed by atoms with Crippen LogP contribution >= 0.6 is 0 Å². The maximum atomic E-state index is 5.92. The lowest BCUT2D eigenvalue weighted by Crippen LogP contribution is -2.11. The molecule has 0 aromatic carbocycles. The molecule has 2 aromatic rings. The Morgan fingerprint density at radius 3 is 2.36 bits per heavy atom. The van der Waals surface area contributed by atoms with Crippen LogP contribution in [0.1, 0.15) is 38.4 Å². The third-order valence-corrected chi connectivity index (χ3v) is 3.53. The molecule has 0 fully saturated rings. The Morgan fingerprint density at radius 2 is 1.73 bits per heavy atom. The largest absolute Gasteiger partial charge is 0.491 e. The number of aromatic nitrogens is 3. The lowest BCUT2D eigenvalue weighted by atomic mass is 10.00. The van der Waals surface area contributed by atoms with Crippen LogP contribution in [0.4, 0.5) is 0 Å². The minimum atomic E-state index is 0.545. The summed E-state index contributed by atoms with van der Waals surface area (Å²) in [6.07, 6.45) is 4.54. The minimum Gasteiger partial charge on any atom is -0.491 e. The lowest BCUT2D eigenvalue weighted by molar-refractivity contribution is 0.237. The zero-order valence-electron chi connectivity index (χ0n) is 14.1. The Labute approximate surface area is 133 Å². The molecule has 4 heteroatoms. The van der Waals surface area contributed by atoms with Crippen molar-refractivity contribution >= 4 is 0 Å². The molecule has 2 aromatic heterocycles. The van der Waals surface area contributed by atoms with Gasteiger partial charge in [0, 0.05) is 5.69 Å². The van der Waals surface area contributed by atoms with Gasteiger partial charge in [0.25, 0.3) is 0 Å². The van der Waals surface area contributed by atoms with Gasteiger partial charge in [-0.1, -0.05) is 20.8 Å². The average Bonchev–Trinajstić information content (AvgIpc) is 2.45. The van der Waals surface area contributed by atoms with E-state index in [1.54, 1.807) is 12.5 Å². The third kappa shape index (κ3) is 4.52. The highest BCUT2D eigenvalue weighted by molar-refractivity contribution is 5.56. The Morgan fingerprint density at radius 1 is 1.00 bits per heavy atom. The number of hydrogen-bond acceptors (Lipinski definition) is 4. The van der Waals surface area contributed by atoms with E-state index < -0.39 is 0 Å². The van der Waals surface area contributed by atoms with Crippen molar-refractivity contribution in [3.05, 3.63) is 35.9 Å². The summed E-state index contributed by atoms with van der Waals surface area (Å²) in [6, 6.07) is 3.96. The minimum absolute atomic E-state index is 0.545. The van der Waals surface area contributed by atoms with Gasteiger partial charge in [0.1, 0.15) is 12.1 Å². The fraction of sp³-hybridized carbons (Fsp3) is 0.500. The number of hydrogen-bond donors (Lipinski definition) is 0. The third-order valence-electron chi connectivity index (χ3n) is 3.53. The SMILES string of the molecule is Cc1cc(-c2cc(C)c(OCC(C)CC(C)C)cn2)ncn1. The van der Waals surface area contributed by atoms with Crippen LogP contribution in [0.3, 0.4) is 0 Å². The highest BCUT2D eigenvalue weighted by atomic mass is 16.5. The number of pyridine rings is 1. The molecule has 22 heavy (non-hydrogen) atoms. The topological polar surface area (TPSA) is 47.9 Å². The Hall–Kier alpha value is -1.97. The predicted molar refractivity (Wildman–Crippen MR) is 88.9 cm³/mol. The summed E-state index contributed by atoms with van der Waals surface area (Å²) in [5.41, 5.74) is 3.71. The van der Waals surface area contributed by atoms with Crippen molar-refractivity contribution in [2.45, 2.75) is 41.0 Å². The first-order chi connectivity index (χ1) is 10.5. The van der Waals surface area contributed by atoms with Crippen LogP contribution in [0.2, 0.25) is 0 Å². The van der Waals surface area contributed by atoms with Gasteiger partial charge < -0.3 is 4.74 Å². The monoisotopic (exact) mass is 299 g/mol. The van der Waals surface area contributed by atoms with Crippen LogP contribution in [0, 0.1) is 25.7 Å². The van der Waals surface area contributed by atoms with Crippen LogP contribution < -0.4 is 4.74 Å². The van der Waals surface area contributed by atoms with Gasteiger partial charge in [-0.3, -0.25) is 4.98 Å². The first kappa shape index (κ1) is 16.4. The smallest absolute Gasteiger partial charge is 0.140 e. The van der Waals surface area contributed by atoms with Crippen molar-refractivity contribution < 1.29 is 4.74 Å². The highest BCUT2D eigenvalue weighted by Crippen LogP contribution is 2.23. The van der Waals surface area contributed by atoms with Gasteiger partial charge in [-0.2, -0.15) is 0 Å². The molecule has 0 aliphatic carbocycles. The fourth-order valence-corrected chi connectivity index (χ4v) is 2.53. The first-order valence-electron chi connectivity index (χ1n) is 7.84. The maximum absolute atomic E-state index is 5.92. The van der Waals surface area contributed by atoms with Gasteiger partial charge in [0.05, 0.1) is 24.2 Å². The molecule has 118 valence electrons. The van der Waals surface area contributed by atoms with E-state index in [1.165, 1.54) is 6.42 Å². The molecule has 4 nitrogen and oxygen atoms in total. The molecule has 0 saturated carbocycles. The van der Waals surface area contributed by atoms with Gasteiger partial charge in [-0.25, -0.2) is 9.97 Å². The van der Waals surface area contributed by atoms with E-state index in [9.17, 15) is 0 Å². The summed E-state index contributed by atoms with van der Waals surface area (Å²) in [5.74, 6) is 2.09. The van der Waals surface area contributed by atoms with Crippen molar-refractivity contribution in [2.75, 3.05) is 6.61 Å². The average molecular weight is 299 g/mol. The molecule has 0 bridgehead atoms. The summed E-state index contributed by atoms with van der Waals surface area (Å²) in [6.45, 7) is 11.4. The molecule has 0 saturated heterocycles. The van der Waals surface area contributed by atoms with E-state index in [-0.39, 0.29) is 0 Å². The molecule has 2 rings (SSSR count). The molecule has 0 spiro atoms. The summed E-state index contributed by atoms with van der Waals surface area (Å²) in [7, 11) is 0. The normalized spacial score (nSPS) is 12.5. The van der Waals surface area contributed by atoms with E-state index in [0.717, 1.165) is 35.0 Å². The molecular formula is C18H25N3O. The van der Waals surface area contributed by atoms with Crippen molar-refractivity contribution in [2.24, 2.45) is 11.8 Å². The number of rotatable bonds is 6. The zero-order chi connectivity index (χ0) is 16.1. The Balaban J connectivity index is 2.07. The van der Waals surface area contributed by atoms with Crippen LogP contribution in [0.25, 0.3) is 11.4 Å².